The Morgan fingerprint density at radius 3 is 3.15 bits per heavy atom. The largest absolute Gasteiger partial charge is 0.492 e. The van der Waals surface area contributed by atoms with Crippen molar-refractivity contribution in [2.24, 2.45) is 0 Å². The van der Waals surface area contributed by atoms with E-state index in [0.717, 1.165) is 63.9 Å². The number of halogens is 2. The number of hydrogen-bond donors (Lipinski definition) is 3. The summed E-state index contributed by atoms with van der Waals surface area (Å²) in [6, 6.07) is 6.07. The average Bonchev–Trinajstić information content (AvgIpc) is 3.04. The smallest absolute Gasteiger partial charge is 0.202 e. The van der Waals surface area contributed by atoms with E-state index in [0.29, 0.717) is 5.65 Å². The van der Waals surface area contributed by atoms with Gasteiger partial charge in [0.05, 0.1) is 21.9 Å². The Kier molecular flexibility index (Phi) is 5.41. The normalized spacial score (nSPS) is 16.3. The number of anilines is 1. The molecule has 1 aromatic carbocycles. The highest BCUT2D eigenvalue weighted by Gasteiger charge is 2.23. The second-order valence-electron chi connectivity index (χ2n) is 6.08. The zero-order valence-electron chi connectivity index (χ0n) is 13.9. The lowest BCUT2D eigenvalue weighted by atomic mass is 10.0. The lowest BCUT2D eigenvalue weighted by Crippen LogP contribution is -2.29. The number of hydrogen-bond acceptors (Lipinski definition) is 6. The van der Waals surface area contributed by atoms with Crippen LogP contribution in [0.1, 0.15) is 24.4 Å². The molecule has 1 aliphatic heterocycles. The Morgan fingerprint density at radius 2 is 2.27 bits per heavy atom. The number of aromatic amines is 1. The van der Waals surface area contributed by atoms with Gasteiger partial charge in [-0.3, -0.25) is 0 Å². The molecular formula is C17H18ClIN6O. The lowest BCUT2D eigenvalue weighted by Gasteiger charge is -2.28. The standard InChI is InChI=1S/C17H18ClIN6O/c18-10-8-11-13(3-7-26-15(11)12(19)9-10)20-4-1-5-21-17-23-14-2-6-22-25-16(14)24-17/h2,6,8-9,13,20H,1,3-5,7H2,(H2,21,23,24,25). The monoisotopic (exact) mass is 484 g/mol. The van der Waals surface area contributed by atoms with Crippen molar-refractivity contribution < 1.29 is 4.74 Å². The van der Waals surface area contributed by atoms with Crippen molar-refractivity contribution in [2.45, 2.75) is 18.9 Å². The second-order valence-corrected chi connectivity index (χ2v) is 7.68. The number of ether oxygens (including phenoxy) is 1. The third-order valence-corrected chi connectivity index (χ3v) is 5.29. The van der Waals surface area contributed by atoms with Gasteiger partial charge in [-0.05, 0) is 53.8 Å². The molecule has 0 saturated carbocycles. The molecule has 136 valence electrons. The molecule has 3 aromatic rings. The molecule has 0 saturated heterocycles. The van der Waals surface area contributed by atoms with Gasteiger partial charge in [0, 0.05) is 29.6 Å². The first-order valence-electron chi connectivity index (χ1n) is 8.47. The van der Waals surface area contributed by atoms with Gasteiger partial charge in [0.15, 0.2) is 0 Å². The molecule has 0 radical (unpaired) electrons. The molecule has 1 atom stereocenters. The summed E-state index contributed by atoms with van der Waals surface area (Å²) >= 11 is 8.49. The fraction of sp³-hybridized carbons (Fsp3) is 0.353. The van der Waals surface area contributed by atoms with Crippen LogP contribution in [-0.2, 0) is 0 Å². The van der Waals surface area contributed by atoms with E-state index < -0.39 is 0 Å². The van der Waals surface area contributed by atoms with Gasteiger partial charge >= 0.3 is 0 Å². The number of rotatable bonds is 6. The molecule has 1 aliphatic rings. The van der Waals surface area contributed by atoms with Gasteiger partial charge in [0.1, 0.15) is 5.75 Å². The number of fused-ring (bicyclic) bond motifs is 2. The molecule has 26 heavy (non-hydrogen) atoms. The first-order valence-corrected chi connectivity index (χ1v) is 9.93. The molecule has 9 heteroatoms. The second kappa shape index (κ2) is 7.93. The third-order valence-electron chi connectivity index (χ3n) is 4.27. The molecule has 3 heterocycles. The van der Waals surface area contributed by atoms with Gasteiger partial charge in [-0.15, -0.1) is 5.10 Å². The highest BCUT2D eigenvalue weighted by Crippen LogP contribution is 2.37. The Balaban J connectivity index is 1.29. The Bertz CT molecular complexity index is 884. The van der Waals surface area contributed by atoms with E-state index in [1.165, 1.54) is 0 Å². The van der Waals surface area contributed by atoms with Crippen molar-refractivity contribution in [1.29, 1.82) is 0 Å². The van der Waals surface area contributed by atoms with Crippen LogP contribution in [0.4, 0.5) is 5.95 Å². The zero-order valence-corrected chi connectivity index (χ0v) is 16.8. The molecular weight excluding hydrogens is 467 g/mol. The van der Waals surface area contributed by atoms with Crippen molar-refractivity contribution in [3.8, 4) is 5.75 Å². The van der Waals surface area contributed by atoms with Gasteiger partial charge < -0.3 is 20.4 Å². The highest BCUT2D eigenvalue weighted by molar-refractivity contribution is 14.1. The van der Waals surface area contributed by atoms with Crippen LogP contribution >= 0.6 is 34.2 Å². The lowest BCUT2D eigenvalue weighted by molar-refractivity contribution is 0.251. The summed E-state index contributed by atoms with van der Waals surface area (Å²) in [5.74, 6) is 1.68. The molecule has 0 bridgehead atoms. The van der Waals surface area contributed by atoms with Crippen molar-refractivity contribution in [3.63, 3.8) is 0 Å². The summed E-state index contributed by atoms with van der Waals surface area (Å²) in [5, 5.41) is 15.5. The summed E-state index contributed by atoms with van der Waals surface area (Å²) in [6.07, 6.45) is 3.56. The number of H-pyrrole nitrogens is 1. The van der Waals surface area contributed by atoms with Gasteiger partial charge in [-0.2, -0.15) is 10.1 Å². The quantitative estimate of drug-likeness (QED) is 0.367. The number of aromatic nitrogens is 4. The van der Waals surface area contributed by atoms with Gasteiger partial charge in [-0.1, -0.05) is 11.6 Å². The van der Waals surface area contributed by atoms with Crippen molar-refractivity contribution in [1.82, 2.24) is 25.5 Å². The van der Waals surface area contributed by atoms with E-state index in [1.807, 2.05) is 18.2 Å². The van der Waals surface area contributed by atoms with Crippen molar-refractivity contribution in [2.75, 3.05) is 25.0 Å². The highest BCUT2D eigenvalue weighted by atomic mass is 127. The molecule has 2 aromatic heterocycles. The molecule has 0 spiro atoms. The van der Waals surface area contributed by atoms with Crippen LogP contribution < -0.4 is 15.4 Å². The predicted molar refractivity (Wildman–Crippen MR) is 110 cm³/mol. The van der Waals surface area contributed by atoms with Crippen LogP contribution in [-0.4, -0.2) is 39.9 Å². The van der Waals surface area contributed by atoms with Gasteiger partial charge in [0.25, 0.3) is 0 Å². The maximum atomic E-state index is 6.21. The minimum Gasteiger partial charge on any atom is -0.492 e. The molecule has 0 aliphatic carbocycles. The van der Waals surface area contributed by atoms with Crippen LogP contribution in [0.3, 0.4) is 0 Å². The van der Waals surface area contributed by atoms with Gasteiger partial charge in [0.2, 0.25) is 11.6 Å². The molecule has 0 amide bonds. The predicted octanol–water partition coefficient (Wildman–Crippen LogP) is 3.53. The van der Waals surface area contributed by atoms with Crippen LogP contribution in [0.2, 0.25) is 5.02 Å². The maximum absolute atomic E-state index is 6.21. The summed E-state index contributed by atoms with van der Waals surface area (Å²) in [7, 11) is 0. The van der Waals surface area contributed by atoms with Crippen molar-refractivity contribution in [3.05, 3.63) is 38.6 Å². The summed E-state index contributed by atoms with van der Waals surface area (Å²) in [4.78, 5) is 7.54. The average molecular weight is 485 g/mol. The van der Waals surface area contributed by atoms with E-state index in [2.05, 4.69) is 53.4 Å². The van der Waals surface area contributed by atoms with Crippen LogP contribution in [0.25, 0.3) is 11.2 Å². The molecule has 1 unspecified atom stereocenters. The Hall–Kier alpha value is -1.65. The number of benzene rings is 1. The van der Waals surface area contributed by atoms with E-state index in [9.17, 15) is 0 Å². The van der Waals surface area contributed by atoms with Gasteiger partial charge in [-0.25, -0.2) is 0 Å². The molecule has 0 fully saturated rings. The minimum atomic E-state index is 0.271. The maximum Gasteiger partial charge on any atom is 0.202 e. The SMILES string of the molecule is Clc1cc(I)c2c(c1)C(NCCCNc1nc3nnccc3[nH]1)CCO2. The van der Waals surface area contributed by atoms with Crippen LogP contribution in [0.5, 0.6) is 5.75 Å². The Labute approximate surface area is 169 Å². The summed E-state index contributed by atoms with van der Waals surface area (Å²) in [6.45, 7) is 2.42. The first-order chi connectivity index (χ1) is 12.7. The first kappa shape index (κ1) is 17.7. The third kappa shape index (κ3) is 3.86. The van der Waals surface area contributed by atoms with E-state index in [-0.39, 0.29) is 6.04 Å². The summed E-state index contributed by atoms with van der Waals surface area (Å²) < 4.78 is 6.87. The molecule has 7 nitrogen and oxygen atoms in total. The summed E-state index contributed by atoms with van der Waals surface area (Å²) in [5.41, 5.74) is 2.65. The van der Waals surface area contributed by atoms with E-state index >= 15 is 0 Å². The fourth-order valence-electron chi connectivity index (χ4n) is 3.06. The number of imidazole rings is 1. The van der Waals surface area contributed by atoms with Crippen LogP contribution in [0.15, 0.2) is 24.4 Å². The minimum absolute atomic E-state index is 0.271. The number of nitrogens with zero attached hydrogens (tertiary/aromatic N) is 3. The Morgan fingerprint density at radius 1 is 1.35 bits per heavy atom. The van der Waals surface area contributed by atoms with E-state index in [4.69, 9.17) is 16.3 Å². The molecule has 4 rings (SSSR count). The van der Waals surface area contributed by atoms with Crippen LogP contribution in [0, 0.1) is 3.57 Å². The zero-order chi connectivity index (χ0) is 17.9. The van der Waals surface area contributed by atoms with E-state index in [1.54, 1.807) is 6.20 Å². The fourth-order valence-corrected chi connectivity index (χ4v) is 4.27. The number of nitrogens with one attached hydrogen (secondary N) is 3. The topological polar surface area (TPSA) is 87.8 Å². The van der Waals surface area contributed by atoms with Crippen molar-refractivity contribution >= 4 is 51.3 Å². The molecule has 3 N–H and O–H groups in total.